The van der Waals surface area contributed by atoms with Crippen molar-refractivity contribution in [3.8, 4) is 6.07 Å². The van der Waals surface area contributed by atoms with E-state index in [4.69, 9.17) is 0 Å². The van der Waals surface area contributed by atoms with Gasteiger partial charge in [-0.3, -0.25) is 9.48 Å². The minimum atomic E-state index is -3.26. The number of aromatic amines is 1. The third-order valence-electron chi connectivity index (χ3n) is 6.08. The second kappa shape index (κ2) is 6.71. The van der Waals surface area contributed by atoms with Crippen LogP contribution in [0.25, 0.3) is 10.9 Å². The number of nitriles is 1. The minimum absolute atomic E-state index is 0.0686. The van der Waals surface area contributed by atoms with E-state index >= 15 is 0 Å². The minimum Gasteiger partial charge on any atom is -0.338 e. The number of hydrogen-bond acceptors (Lipinski definition) is 6. The first-order valence-electron chi connectivity index (χ1n) is 10.0. The summed E-state index contributed by atoms with van der Waals surface area (Å²) in [6, 6.07) is 9.10. The van der Waals surface area contributed by atoms with Crippen molar-refractivity contribution in [1.29, 1.82) is 5.26 Å². The fraction of sp³-hybridized carbons (Fsp3) is 0.381. The quantitative estimate of drug-likeness (QED) is 0.651. The van der Waals surface area contributed by atoms with Gasteiger partial charge in [0.15, 0.2) is 15.7 Å². The third-order valence-corrected chi connectivity index (χ3v) is 8.32. The van der Waals surface area contributed by atoms with E-state index < -0.39 is 15.1 Å². The highest BCUT2D eigenvalue weighted by Crippen LogP contribution is 2.43. The highest BCUT2D eigenvalue weighted by molar-refractivity contribution is 7.92. The number of aromatic nitrogens is 3. The average Bonchev–Trinajstić information content (AvgIpc) is 3.44. The lowest BCUT2D eigenvalue weighted by molar-refractivity contribution is 0.426. The number of nitrogens with zero attached hydrogens (tertiary/aromatic N) is 3. The summed E-state index contributed by atoms with van der Waals surface area (Å²) in [5.74, 6) is 0.802. The molecule has 0 amide bonds. The van der Waals surface area contributed by atoms with E-state index in [9.17, 15) is 18.5 Å². The van der Waals surface area contributed by atoms with E-state index in [-0.39, 0.29) is 11.6 Å². The lowest BCUT2D eigenvalue weighted by atomic mass is 10.1. The fourth-order valence-corrected chi connectivity index (χ4v) is 5.93. The maximum Gasteiger partial charge on any atom is 0.261 e. The summed E-state index contributed by atoms with van der Waals surface area (Å²) in [5.41, 5.74) is 1.87. The first-order chi connectivity index (χ1) is 14.4. The van der Waals surface area contributed by atoms with Crippen molar-refractivity contribution in [2.45, 2.75) is 48.8 Å². The summed E-state index contributed by atoms with van der Waals surface area (Å²) in [4.78, 5) is 15.7. The standard InChI is InChI=1S/C21H21N5O3S/c1-12-10-14-11-15(4-5-18(14)30(12,28)29)24-20-19-17(7-9-23-21(19)27)26(25-20)16(6-8-22)13-2-3-13/h4-5,7,9,11-13,16H,2-3,6,10H2,1H3,(H,23,27)(H,24,25). The van der Waals surface area contributed by atoms with Crippen molar-refractivity contribution in [2.75, 3.05) is 5.32 Å². The van der Waals surface area contributed by atoms with Gasteiger partial charge in [0.25, 0.3) is 5.56 Å². The molecule has 2 aliphatic rings. The molecular weight excluding hydrogens is 402 g/mol. The molecule has 1 fully saturated rings. The van der Waals surface area contributed by atoms with Crippen LogP contribution in [0.2, 0.25) is 0 Å². The molecule has 30 heavy (non-hydrogen) atoms. The topological polar surface area (TPSA) is 121 Å². The van der Waals surface area contributed by atoms with Crippen LogP contribution < -0.4 is 10.9 Å². The summed E-state index contributed by atoms with van der Waals surface area (Å²) in [6.07, 6.45) is 4.50. The van der Waals surface area contributed by atoms with Gasteiger partial charge < -0.3 is 10.3 Å². The van der Waals surface area contributed by atoms with Gasteiger partial charge in [-0.2, -0.15) is 10.4 Å². The van der Waals surface area contributed by atoms with Crippen molar-refractivity contribution >= 4 is 32.2 Å². The highest BCUT2D eigenvalue weighted by Gasteiger charge is 2.35. The predicted molar refractivity (Wildman–Crippen MR) is 112 cm³/mol. The molecule has 9 heteroatoms. The molecule has 2 unspecified atom stereocenters. The lowest BCUT2D eigenvalue weighted by Gasteiger charge is -2.14. The Morgan fingerprint density at radius 1 is 1.37 bits per heavy atom. The zero-order valence-corrected chi connectivity index (χ0v) is 17.2. The van der Waals surface area contributed by atoms with Gasteiger partial charge >= 0.3 is 0 Å². The van der Waals surface area contributed by atoms with E-state index in [1.165, 1.54) is 0 Å². The van der Waals surface area contributed by atoms with Crippen LogP contribution in [0.3, 0.4) is 0 Å². The number of benzene rings is 1. The van der Waals surface area contributed by atoms with Crippen LogP contribution in [-0.4, -0.2) is 28.4 Å². The molecule has 5 rings (SSSR count). The number of nitrogens with one attached hydrogen (secondary N) is 2. The predicted octanol–water partition coefficient (Wildman–Crippen LogP) is 3.05. The third kappa shape index (κ3) is 2.91. The molecule has 0 saturated heterocycles. The summed E-state index contributed by atoms with van der Waals surface area (Å²) < 4.78 is 26.5. The Morgan fingerprint density at radius 3 is 2.90 bits per heavy atom. The van der Waals surface area contributed by atoms with Crippen LogP contribution in [0.5, 0.6) is 0 Å². The van der Waals surface area contributed by atoms with Crippen molar-refractivity contribution < 1.29 is 8.42 Å². The Kier molecular flexibility index (Phi) is 4.22. The van der Waals surface area contributed by atoms with Crippen LogP contribution in [0, 0.1) is 17.2 Å². The molecule has 0 bridgehead atoms. The number of hydrogen-bond donors (Lipinski definition) is 2. The lowest BCUT2D eigenvalue weighted by Crippen LogP contribution is -2.13. The zero-order valence-electron chi connectivity index (χ0n) is 16.4. The molecule has 3 heterocycles. The summed E-state index contributed by atoms with van der Waals surface area (Å²) in [7, 11) is -3.26. The van der Waals surface area contributed by atoms with Crippen molar-refractivity contribution in [3.05, 3.63) is 46.4 Å². The summed E-state index contributed by atoms with van der Waals surface area (Å²) >= 11 is 0. The molecule has 1 aliphatic heterocycles. The molecule has 2 N–H and O–H groups in total. The Bertz CT molecular complexity index is 1360. The number of H-pyrrole nitrogens is 1. The van der Waals surface area contributed by atoms with Crippen LogP contribution in [0.15, 0.2) is 40.2 Å². The van der Waals surface area contributed by atoms with Crippen molar-refractivity contribution in [1.82, 2.24) is 14.8 Å². The van der Waals surface area contributed by atoms with E-state index in [0.717, 1.165) is 18.4 Å². The maximum atomic E-state index is 12.6. The molecule has 1 aliphatic carbocycles. The largest absolute Gasteiger partial charge is 0.338 e. The number of rotatable bonds is 5. The van der Waals surface area contributed by atoms with Crippen molar-refractivity contribution in [3.63, 3.8) is 0 Å². The summed E-state index contributed by atoms with van der Waals surface area (Å²) in [5, 5.41) is 17.2. The SMILES string of the molecule is CC1Cc2cc(Nc3nn(C(CC#N)C4CC4)c4cc[nH]c(=O)c34)ccc2S1(=O)=O. The Labute approximate surface area is 173 Å². The monoisotopic (exact) mass is 423 g/mol. The molecule has 8 nitrogen and oxygen atoms in total. The fourth-order valence-electron chi connectivity index (χ4n) is 4.33. The van der Waals surface area contributed by atoms with Crippen LogP contribution in [0.4, 0.5) is 11.5 Å². The molecular formula is C21H21N5O3S. The van der Waals surface area contributed by atoms with Crippen LogP contribution in [0.1, 0.15) is 37.8 Å². The average molecular weight is 423 g/mol. The second-order valence-corrected chi connectivity index (χ2v) is 10.5. The Balaban J connectivity index is 1.58. The molecule has 3 aromatic rings. The molecule has 2 aromatic heterocycles. The highest BCUT2D eigenvalue weighted by atomic mass is 32.2. The van der Waals surface area contributed by atoms with E-state index in [0.29, 0.717) is 46.1 Å². The van der Waals surface area contributed by atoms with Gasteiger partial charge in [-0.05, 0) is 61.9 Å². The van der Waals surface area contributed by atoms with Gasteiger partial charge in [0, 0.05) is 11.9 Å². The van der Waals surface area contributed by atoms with E-state index in [2.05, 4.69) is 21.5 Å². The van der Waals surface area contributed by atoms with E-state index in [1.807, 2.05) is 6.07 Å². The maximum absolute atomic E-state index is 12.6. The Morgan fingerprint density at radius 2 is 2.17 bits per heavy atom. The van der Waals surface area contributed by atoms with Gasteiger partial charge in [0.05, 0.1) is 34.2 Å². The molecule has 0 spiro atoms. The van der Waals surface area contributed by atoms with Crippen molar-refractivity contribution in [2.24, 2.45) is 5.92 Å². The second-order valence-electron chi connectivity index (χ2n) is 8.13. The molecule has 0 radical (unpaired) electrons. The Hall–Kier alpha value is -3.12. The van der Waals surface area contributed by atoms with Gasteiger partial charge in [0.1, 0.15) is 5.39 Å². The van der Waals surface area contributed by atoms with Gasteiger partial charge in [-0.15, -0.1) is 0 Å². The molecule has 1 aromatic carbocycles. The number of sulfone groups is 1. The number of pyridine rings is 1. The molecule has 1 saturated carbocycles. The van der Waals surface area contributed by atoms with Crippen LogP contribution in [-0.2, 0) is 16.3 Å². The molecule has 2 atom stereocenters. The summed E-state index contributed by atoms with van der Waals surface area (Å²) in [6.45, 7) is 1.71. The van der Waals surface area contributed by atoms with Crippen LogP contribution >= 0.6 is 0 Å². The normalized spacial score (nSPS) is 20.6. The number of anilines is 2. The van der Waals surface area contributed by atoms with Gasteiger partial charge in [-0.25, -0.2) is 8.42 Å². The zero-order chi connectivity index (χ0) is 21.0. The van der Waals surface area contributed by atoms with Gasteiger partial charge in [0.2, 0.25) is 0 Å². The smallest absolute Gasteiger partial charge is 0.261 e. The first-order valence-corrected chi connectivity index (χ1v) is 11.6. The molecule has 154 valence electrons. The van der Waals surface area contributed by atoms with Gasteiger partial charge in [-0.1, -0.05) is 0 Å². The number of fused-ring (bicyclic) bond motifs is 2. The first kappa shape index (κ1) is 18.9. The van der Waals surface area contributed by atoms with E-state index in [1.54, 1.807) is 36.0 Å².